The zero-order chi connectivity index (χ0) is 24.1. The molecule has 0 aliphatic carbocycles. The highest BCUT2D eigenvalue weighted by atomic mass is 31.2. The molecule has 0 amide bonds. The monoisotopic (exact) mass is 512 g/mol. The van der Waals surface area contributed by atoms with Gasteiger partial charge in [0.25, 0.3) is 10.2 Å². The summed E-state index contributed by atoms with van der Waals surface area (Å²) in [5.74, 6) is 0. The SMILES string of the molecule is CN(C)CCC(O)(P(=O)(O)O)P(=O)(O)O.NCCCC(O)(P(=O)(O)O)P(=O)(O)O. The third-order valence-electron chi connectivity index (χ3n) is 3.48. The van der Waals surface area contributed by atoms with Crippen molar-refractivity contribution in [1.82, 2.24) is 4.90 Å². The fraction of sp³-hybridized carbons (Fsp3) is 1.00. The first-order valence-electron chi connectivity index (χ1n) is 7.50. The molecule has 0 aliphatic heterocycles. The number of hydrogen-bond acceptors (Lipinski definition) is 8. The van der Waals surface area contributed by atoms with E-state index in [2.05, 4.69) is 0 Å². The van der Waals surface area contributed by atoms with E-state index in [0.29, 0.717) is 0 Å². The topological polar surface area (TPSA) is 300 Å². The number of nitrogens with zero attached hydrogens (tertiary/aromatic N) is 1. The third kappa shape index (κ3) is 8.83. The summed E-state index contributed by atoms with van der Waals surface area (Å²) in [6.07, 6.45) is -1.57. The maximum absolute atomic E-state index is 10.8. The van der Waals surface area contributed by atoms with E-state index < -0.39 is 53.4 Å². The third-order valence-corrected chi connectivity index (χ3v) is 11.2. The molecule has 0 heterocycles. The van der Waals surface area contributed by atoms with Crippen molar-refractivity contribution >= 4 is 30.4 Å². The molecule has 20 heteroatoms. The molecular weight excluding hydrogens is 484 g/mol. The Kier molecular flexibility index (Phi) is 11.8. The first-order valence-corrected chi connectivity index (χ1v) is 13.9. The highest BCUT2D eigenvalue weighted by Gasteiger charge is 2.59. The van der Waals surface area contributed by atoms with Gasteiger partial charge < -0.3 is 60.0 Å². The molecule has 0 aromatic carbocycles. The first kappa shape index (κ1) is 31.6. The van der Waals surface area contributed by atoms with Crippen molar-refractivity contribution in [1.29, 1.82) is 0 Å². The second-order valence-corrected chi connectivity index (χ2v) is 14.2. The van der Waals surface area contributed by atoms with Crippen molar-refractivity contribution in [3.63, 3.8) is 0 Å². The fourth-order valence-electron chi connectivity index (χ4n) is 1.63. The van der Waals surface area contributed by atoms with Crippen molar-refractivity contribution in [3.8, 4) is 0 Å². The zero-order valence-corrected chi connectivity index (χ0v) is 19.0. The smallest absolute Gasteiger partial charge is 0.368 e. The number of rotatable bonds is 10. The summed E-state index contributed by atoms with van der Waals surface area (Å²) in [6, 6.07) is 0. The van der Waals surface area contributed by atoms with E-state index in [9.17, 15) is 28.5 Å². The van der Waals surface area contributed by atoms with Crippen LogP contribution in [0.25, 0.3) is 0 Å². The Morgan fingerprint density at radius 2 is 0.966 bits per heavy atom. The molecule has 0 radical (unpaired) electrons. The Balaban J connectivity index is 0. The fourth-order valence-corrected chi connectivity index (χ4v) is 6.03. The van der Waals surface area contributed by atoms with Gasteiger partial charge in [-0.1, -0.05) is 0 Å². The van der Waals surface area contributed by atoms with E-state index in [1.54, 1.807) is 14.1 Å². The number of aliphatic hydroxyl groups is 2. The van der Waals surface area contributed by atoms with Gasteiger partial charge in [0.2, 0.25) is 0 Å². The summed E-state index contributed by atoms with van der Waals surface area (Å²) in [7, 11) is -18.1. The molecule has 12 N–H and O–H groups in total. The molecule has 0 aliphatic rings. The Morgan fingerprint density at radius 1 is 0.690 bits per heavy atom. The summed E-state index contributed by atoms with van der Waals surface area (Å²) in [5.41, 5.74) is 5.01. The van der Waals surface area contributed by atoms with Crippen LogP contribution in [0.3, 0.4) is 0 Å². The minimum Gasteiger partial charge on any atom is -0.368 e. The van der Waals surface area contributed by atoms with E-state index in [-0.39, 0.29) is 19.5 Å². The lowest BCUT2D eigenvalue weighted by Crippen LogP contribution is -2.32. The Morgan fingerprint density at radius 3 is 1.17 bits per heavy atom. The molecule has 0 saturated carbocycles. The largest absolute Gasteiger partial charge is 0.369 e. The van der Waals surface area contributed by atoms with Gasteiger partial charge in [0.05, 0.1) is 0 Å². The van der Waals surface area contributed by atoms with Gasteiger partial charge in [0.15, 0.2) is 0 Å². The zero-order valence-electron chi connectivity index (χ0n) is 15.5. The Labute approximate surface area is 166 Å². The summed E-state index contributed by atoms with van der Waals surface area (Å²) in [6.45, 7) is -0.102. The van der Waals surface area contributed by atoms with Gasteiger partial charge in [0, 0.05) is 19.4 Å². The van der Waals surface area contributed by atoms with Crippen LogP contribution in [0.5, 0.6) is 0 Å². The molecular formula is C9H28N2O14P4. The normalized spacial score (nSPS) is 14.6. The molecule has 178 valence electrons. The highest BCUT2D eigenvalue weighted by molar-refractivity contribution is 7.72. The molecule has 0 bridgehead atoms. The lowest BCUT2D eigenvalue weighted by atomic mass is 10.3. The highest BCUT2D eigenvalue weighted by Crippen LogP contribution is 2.69. The van der Waals surface area contributed by atoms with Crippen molar-refractivity contribution in [2.45, 2.75) is 29.4 Å². The Bertz CT molecular complexity index is 660. The maximum atomic E-state index is 10.8. The van der Waals surface area contributed by atoms with Gasteiger partial charge in [0.1, 0.15) is 0 Å². The summed E-state index contributed by atoms with van der Waals surface area (Å²) in [4.78, 5) is 70.9. The van der Waals surface area contributed by atoms with Crippen molar-refractivity contribution < 1.29 is 67.6 Å². The lowest BCUT2D eigenvalue weighted by molar-refractivity contribution is 0.115. The summed E-state index contributed by atoms with van der Waals surface area (Å²) < 4.78 is 43.1. The average molecular weight is 512 g/mol. The minimum absolute atomic E-state index is 0.0394. The van der Waals surface area contributed by atoms with Crippen LogP contribution in [0.1, 0.15) is 19.3 Å². The molecule has 0 unspecified atom stereocenters. The van der Waals surface area contributed by atoms with Crippen LogP contribution < -0.4 is 5.73 Å². The molecule has 0 saturated heterocycles. The van der Waals surface area contributed by atoms with E-state index >= 15 is 0 Å². The molecule has 29 heavy (non-hydrogen) atoms. The standard InChI is InChI=1S/C5H15NO7P2.C4H13NO7P2/c1-6(2)4-3-5(7,14(8,9)10)15(11,12)13;5-3-1-2-4(6,13(7,8)9)14(10,11)12/h7H,3-4H2,1-2H3,(H2,8,9,10)(H2,11,12,13);6H,1-3,5H2,(H2,7,8,9)(H2,10,11,12). The van der Waals surface area contributed by atoms with Gasteiger partial charge in [-0.3, -0.25) is 18.3 Å². The molecule has 0 spiro atoms. The predicted octanol–water partition coefficient (Wildman–Crippen LogP) is -2.33. The van der Waals surface area contributed by atoms with Crippen LogP contribution >= 0.6 is 30.4 Å². The van der Waals surface area contributed by atoms with Crippen LogP contribution in [-0.2, 0) is 18.3 Å². The number of hydrogen-bond donors (Lipinski definition) is 11. The van der Waals surface area contributed by atoms with Crippen LogP contribution in [0.15, 0.2) is 0 Å². The molecule has 0 fully saturated rings. The van der Waals surface area contributed by atoms with Crippen molar-refractivity contribution in [2.24, 2.45) is 5.73 Å². The van der Waals surface area contributed by atoms with Crippen LogP contribution in [-0.4, -0.2) is 91.6 Å². The van der Waals surface area contributed by atoms with E-state index in [4.69, 9.17) is 44.9 Å². The quantitative estimate of drug-likeness (QED) is 0.137. The van der Waals surface area contributed by atoms with Crippen LogP contribution in [0, 0.1) is 0 Å². The van der Waals surface area contributed by atoms with Crippen LogP contribution in [0.4, 0.5) is 0 Å². The van der Waals surface area contributed by atoms with Crippen molar-refractivity contribution in [2.75, 3.05) is 27.2 Å². The molecule has 0 aromatic heterocycles. The number of nitrogens with two attached hydrogens (primary N) is 1. The molecule has 0 aromatic rings. The average Bonchev–Trinajstić information content (AvgIpc) is 2.46. The van der Waals surface area contributed by atoms with E-state index in [1.165, 1.54) is 4.90 Å². The van der Waals surface area contributed by atoms with Gasteiger partial charge >= 0.3 is 30.4 Å². The van der Waals surface area contributed by atoms with Gasteiger partial charge in [-0.25, -0.2) is 0 Å². The second-order valence-electron chi connectivity index (χ2n) is 6.17. The first-order chi connectivity index (χ1) is 12.5. The maximum Gasteiger partial charge on any atom is 0.369 e. The summed E-state index contributed by atoms with van der Waals surface area (Å²) >= 11 is 0. The van der Waals surface area contributed by atoms with Gasteiger partial charge in [-0.15, -0.1) is 0 Å². The van der Waals surface area contributed by atoms with Gasteiger partial charge in [-0.05, 0) is 27.1 Å². The van der Waals surface area contributed by atoms with Crippen LogP contribution in [0.2, 0.25) is 0 Å². The molecule has 16 nitrogen and oxygen atoms in total. The van der Waals surface area contributed by atoms with E-state index in [1.807, 2.05) is 0 Å². The molecule has 0 rings (SSSR count). The van der Waals surface area contributed by atoms with Crippen molar-refractivity contribution in [3.05, 3.63) is 0 Å². The minimum atomic E-state index is -5.30. The second kappa shape index (κ2) is 10.8. The Hall–Kier alpha value is 0.440. The van der Waals surface area contributed by atoms with E-state index in [0.717, 1.165) is 0 Å². The lowest BCUT2D eigenvalue weighted by Gasteiger charge is -2.30. The molecule has 0 atom stereocenters. The summed E-state index contributed by atoms with van der Waals surface area (Å²) in [5, 5.41) is 12.0. The predicted molar refractivity (Wildman–Crippen MR) is 99.5 cm³/mol. The van der Waals surface area contributed by atoms with Gasteiger partial charge in [-0.2, -0.15) is 0 Å².